The molecule has 31 heavy (non-hydrogen) atoms. The normalized spacial score (nSPS) is 22.0. The van der Waals surface area contributed by atoms with E-state index in [0.717, 1.165) is 59.0 Å². The van der Waals surface area contributed by atoms with Crippen LogP contribution in [0.5, 0.6) is 0 Å². The molecule has 2 saturated heterocycles. The molecule has 2 aliphatic heterocycles. The summed E-state index contributed by atoms with van der Waals surface area (Å²) in [4.78, 5) is 17.6. The standard InChI is InChI=1S/C22H30BrN3O3S2/c1-14(2)25-11-8-17(9-12-25)26-10-4-5-19(21(26)27)24-31(28,29)22-15(3)18-13-16(23)6-7-20(18)30-22/h6-7,13-14,17,19,24H,4-5,8-12H2,1-3H3/t19-/m0/s1. The van der Waals surface area contributed by atoms with Crippen molar-refractivity contribution in [1.82, 2.24) is 14.5 Å². The van der Waals surface area contributed by atoms with Crippen molar-refractivity contribution >= 4 is 53.3 Å². The molecule has 2 aliphatic rings. The molecule has 4 rings (SSSR count). The largest absolute Gasteiger partial charge is 0.338 e. The Morgan fingerprint density at radius 3 is 2.55 bits per heavy atom. The lowest BCUT2D eigenvalue weighted by atomic mass is 9.97. The minimum atomic E-state index is -3.77. The molecule has 0 spiro atoms. The second kappa shape index (κ2) is 9.09. The van der Waals surface area contributed by atoms with E-state index in [4.69, 9.17) is 0 Å². The molecule has 3 heterocycles. The summed E-state index contributed by atoms with van der Waals surface area (Å²) in [5, 5.41) is 0.924. The van der Waals surface area contributed by atoms with Gasteiger partial charge in [0.2, 0.25) is 5.91 Å². The van der Waals surface area contributed by atoms with Crippen LogP contribution in [0.1, 0.15) is 45.1 Å². The number of likely N-dealkylation sites (tertiary alicyclic amines) is 2. The molecule has 0 saturated carbocycles. The number of benzene rings is 1. The summed E-state index contributed by atoms with van der Waals surface area (Å²) in [5.41, 5.74) is 0.731. The van der Waals surface area contributed by atoms with Gasteiger partial charge in [-0.2, -0.15) is 4.72 Å². The summed E-state index contributed by atoms with van der Waals surface area (Å²) < 4.78 is 31.4. The van der Waals surface area contributed by atoms with E-state index in [1.165, 1.54) is 11.3 Å². The van der Waals surface area contributed by atoms with Crippen LogP contribution in [0.15, 0.2) is 26.9 Å². The number of thiophene rings is 1. The fourth-order valence-corrected chi connectivity index (χ4v) is 8.10. The molecule has 9 heteroatoms. The first-order chi connectivity index (χ1) is 14.7. The second-order valence-corrected chi connectivity index (χ2v) is 12.7. The van der Waals surface area contributed by atoms with E-state index >= 15 is 0 Å². The van der Waals surface area contributed by atoms with E-state index in [2.05, 4.69) is 39.4 Å². The van der Waals surface area contributed by atoms with Crippen molar-refractivity contribution in [3.05, 3.63) is 28.2 Å². The molecule has 1 N–H and O–H groups in total. The van der Waals surface area contributed by atoms with Gasteiger partial charge in [0.25, 0.3) is 10.0 Å². The summed E-state index contributed by atoms with van der Waals surface area (Å²) in [6, 6.07) is 5.82. The third-order valence-electron chi connectivity index (χ3n) is 6.54. The van der Waals surface area contributed by atoms with E-state index in [1.807, 2.05) is 30.0 Å². The van der Waals surface area contributed by atoms with Gasteiger partial charge in [0.05, 0.1) is 0 Å². The molecule has 1 aromatic heterocycles. The minimum absolute atomic E-state index is 0.0701. The van der Waals surface area contributed by atoms with Crippen molar-refractivity contribution in [2.24, 2.45) is 0 Å². The summed E-state index contributed by atoms with van der Waals surface area (Å²) in [6.07, 6.45) is 3.28. The molecule has 0 aliphatic carbocycles. The molecule has 1 atom stereocenters. The van der Waals surface area contributed by atoms with Crippen LogP contribution in [-0.2, 0) is 14.8 Å². The van der Waals surface area contributed by atoms with Gasteiger partial charge in [-0.3, -0.25) is 4.79 Å². The van der Waals surface area contributed by atoms with Crippen LogP contribution < -0.4 is 4.72 Å². The molecule has 2 aromatic rings. The lowest BCUT2D eigenvalue weighted by Gasteiger charge is -2.43. The number of carbonyl (C=O) groups excluding carboxylic acids is 1. The Kier molecular flexibility index (Phi) is 6.80. The van der Waals surface area contributed by atoms with E-state index in [9.17, 15) is 13.2 Å². The number of aryl methyl sites for hydroxylation is 1. The quantitative estimate of drug-likeness (QED) is 0.634. The van der Waals surface area contributed by atoms with Gasteiger partial charge in [-0.1, -0.05) is 15.9 Å². The highest BCUT2D eigenvalue weighted by atomic mass is 79.9. The van der Waals surface area contributed by atoms with Crippen LogP contribution in [0.3, 0.4) is 0 Å². The van der Waals surface area contributed by atoms with E-state index in [0.29, 0.717) is 16.7 Å². The maximum absolute atomic E-state index is 13.2. The molecule has 0 radical (unpaired) electrons. The number of nitrogens with zero attached hydrogens (tertiary/aromatic N) is 2. The molecular formula is C22H30BrN3O3S2. The third-order valence-corrected chi connectivity index (χ3v) is 10.4. The number of nitrogens with one attached hydrogen (secondary N) is 1. The number of piperidine rings is 2. The Labute approximate surface area is 197 Å². The van der Waals surface area contributed by atoms with Crippen molar-refractivity contribution in [2.45, 2.75) is 68.8 Å². The number of sulfonamides is 1. The van der Waals surface area contributed by atoms with Crippen molar-refractivity contribution in [2.75, 3.05) is 19.6 Å². The summed E-state index contributed by atoms with van der Waals surface area (Å²) in [5.74, 6) is -0.0701. The highest BCUT2D eigenvalue weighted by Crippen LogP contribution is 2.36. The predicted octanol–water partition coefficient (Wildman–Crippen LogP) is 4.11. The molecule has 1 aromatic carbocycles. The first-order valence-corrected chi connectivity index (χ1v) is 14.0. The number of carbonyl (C=O) groups is 1. The van der Waals surface area contributed by atoms with E-state index in [-0.39, 0.29) is 11.9 Å². The van der Waals surface area contributed by atoms with Crippen molar-refractivity contribution in [3.63, 3.8) is 0 Å². The van der Waals surface area contributed by atoms with E-state index in [1.54, 1.807) is 0 Å². The predicted molar refractivity (Wildman–Crippen MR) is 129 cm³/mol. The first kappa shape index (κ1) is 23.2. The van der Waals surface area contributed by atoms with Crippen LogP contribution in [0.2, 0.25) is 0 Å². The second-order valence-electron chi connectivity index (χ2n) is 8.86. The Balaban J connectivity index is 1.50. The molecule has 2 fully saturated rings. The topological polar surface area (TPSA) is 69.7 Å². The fourth-order valence-electron chi connectivity index (χ4n) is 4.75. The minimum Gasteiger partial charge on any atom is -0.338 e. The highest BCUT2D eigenvalue weighted by molar-refractivity contribution is 9.10. The van der Waals surface area contributed by atoms with Crippen molar-refractivity contribution in [1.29, 1.82) is 0 Å². The van der Waals surface area contributed by atoms with Gasteiger partial charge in [0.15, 0.2) is 0 Å². The maximum Gasteiger partial charge on any atom is 0.251 e. The number of hydrogen-bond acceptors (Lipinski definition) is 5. The Hall–Kier alpha value is -1.00. The lowest BCUT2D eigenvalue weighted by Crippen LogP contribution is -2.57. The van der Waals surface area contributed by atoms with Gasteiger partial charge in [0.1, 0.15) is 10.3 Å². The average molecular weight is 529 g/mol. The summed E-state index contributed by atoms with van der Waals surface area (Å²) in [6.45, 7) is 8.92. The van der Waals surface area contributed by atoms with Crippen LogP contribution >= 0.6 is 27.3 Å². The smallest absolute Gasteiger partial charge is 0.251 e. The highest BCUT2D eigenvalue weighted by Gasteiger charge is 2.37. The van der Waals surface area contributed by atoms with E-state index < -0.39 is 16.1 Å². The molecule has 0 unspecified atom stereocenters. The summed E-state index contributed by atoms with van der Waals surface area (Å²) >= 11 is 4.72. The van der Waals surface area contributed by atoms with Gasteiger partial charge < -0.3 is 9.80 Å². The van der Waals surface area contributed by atoms with Gasteiger partial charge in [-0.25, -0.2) is 8.42 Å². The van der Waals surface area contributed by atoms with Crippen LogP contribution in [0.25, 0.3) is 10.1 Å². The summed E-state index contributed by atoms with van der Waals surface area (Å²) in [7, 11) is -3.77. The molecule has 0 bridgehead atoms. The van der Waals surface area contributed by atoms with Crippen LogP contribution in [0.4, 0.5) is 0 Å². The number of rotatable bonds is 5. The lowest BCUT2D eigenvalue weighted by molar-refractivity contribution is -0.139. The molecule has 6 nitrogen and oxygen atoms in total. The van der Waals surface area contributed by atoms with Crippen molar-refractivity contribution < 1.29 is 13.2 Å². The number of amides is 1. The zero-order valence-corrected chi connectivity index (χ0v) is 21.4. The Morgan fingerprint density at radius 2 is 1.87 bits per heavy atom. The maximum atomic E-state index is 13.2. The van der Waals surface area contributed by atoms with Gasteiger partial charge in [-0.05, 0) is 75.6 Å². The molecule has 170 valence electrons. The Morgan fingerprint density at radius 1 is 1.16 bits per heavy atom. The zero-order valence-electron chi connectivity index (χ0n) is 18.2. The number of halogens is 1. The SMILES string of the molecule is Cc1c(S(=O)(=O)N[C@H]2CCCN(C3CCN(C(C)C)CC3)C2=O)sc2ccc(Br)cc12. The monoisotopic (exact) mass is 527 g/mol. The van der Waals surface area contributed by atoms with Gasteiger partial charge in [0, 0.05) is 40.9 Å². The average Bonchev–Trinajstić information content (AvgIpc) is 3.06. The number of hydrogen-bond donors (Lipinski definition) is 1. The Bertz CT molecular complexity index is 1080. The van der Waals surface area contributed by atoms with Crippen LogP contribution in [-0.4, -0.2) is 61.9 Å². The number of fused-ring (bicyclic) bond motifs is 1. The van der Waals surface area contributed by atoms with Gasteiger partial charge >= 0.3 is 0 Å². The van der Waals surface area contributed by atoms with Gasteiger partial charge in [-0.15, -0.1) is 11.3 Å². The zero-order chi connectivity index (χ0) is 22.3. The molecule has 1 amide bonds. The molecular weight excluding hydrogens is 498 g/mol. The third kappa shape index (κ3) is 4.71. The van der Waals surface area contributed by atoms with Crippen LogP contribution in [0, 0.1) is 6.92 Å². The van der Waals surface area contributed by atoms with Crippen molar-refractivity contribution in [3.8, 4) is 0 Å². The first-order valence-electron chi connectivity index (χ1n) is 10.9. The fraction of sp³-hybridized carbons (Fsp3) is 0.591.